The number of ether oxygens (including phenoxy) is 2. The van der Waals surface area contributed by atoms with Crippen molar-refractivity contribution in [3.05, 3.63) is 77.4 Å². The number of carbonyl (C=O) groups is 1. The van der Waals surface area contributed by atoms with Gasteiger partial charge in [0.15, 0.2) is 11.4 Å². The first-order valence-electron chi connectivity index (χ1n) is 10.5. The molecule has 1 aliphatic heterocycles. The lowest BCUT2D eigenvalue weighted by Crippen LogP contribution is -2.26. The first-order valence-corrected chi connectivity index (χ1v) is 10.5. The molecule has 32 heavy (non-hydrogen) atoms. The van der Waals surface area contributed by atoms with Gasteiger partial charge in [0.1, 0.15) is 23.5 Å². The minimum Gasteiger partial charge on any atom is -0.497 e. The smallest absolute Gasteiger partial charge is 0.228 e. The highest BCUT2D eigenvalue weighted by molar-refractivity contribution is 6.00. The lowest BCUT2D eigenvalue weighted by atomic mass is 9.78. The van der Waals surface area contributed by atoms with Crippen LogP contribution in [0.15, 0.2) is 66.3 Å². The van der Waals surface area contributed by atoms with E-state index in [1.807, 2.05) is 42.5 Å². The molecule has 0 radical (unpaired) electrons. The standard InChI is InChI=1S/C24H19N5O3/c1-31-15-10-8-14(9-11-15)19-20-17(30)6-4-7-18(20)32-24-21(19)23-27-22(28-29(23)13-26-24)16-5-2-3-12-25-16/h2-3,5,8-13,19H,4,6-7H2,1H3/t19-/m0/s1. The summed E-state index contributed by atoms with van der Waals surface area (Å²) in [6.07, 6.45) is 5.29. The van der Waals surface area contributed by atoms with E-state index in [1.54, 1.807) is 24.1 Å². The quantitative estimate of drug-likeness (QED) is 0.494. The summed E-state index contributed by atoms with van der Waals surface area (Å²) in [5.74, 6) is 2.17. The Morgan fingerprint density at radius 3 is 2.75 bits per heavy atom. The van der Waals surface area contributed by atoms with Crippen molar-refractivity contribution < 1.29 is 14.3 Å². The Balaban J connectivity index is 1.59. The monoisotopic (exact) mass is 425 g/mol. The van der Waals surface area contributed by atoms with Crippen LogP contribution in [0.5, 0.6) is 11.6 Å². The number of hydrogen-bond acceptors (Lipinski definition) is 7. The molecule has 6 rings (SSSR count). The van der Waals surface area contributed by atoms with Crippen molar-refractivity contribution in [3.63, 3.8) is 0 Å². The summed E-state index contributed by atoms with van der Waals surface area (Å²) in [4.78, 5) is 26.7. The van der Waals surface area contributed by atoms with E-state index in [4.69, 9.17) is 14.5 Å². The van der Waals surface area contributed by atoms with Crippen molar-refractivity contribution in [1.82, 2.24) is 24.6 Å². The molecule has 3 aromatic heterocycles. The van der Waals surface area contributed by atoms with Crippen LogP contribution in [0.2, 0.25) is 0 Å². The van der Waals surface area contributed by atoms with E-state index in [9.17, 15) is 4.79 Å². The molecule has 1 aromatic carbocycles. The van der Waals surface area contributed by atoms with Gasteiger partial charge in [-0.3, -0.25) is 9.78 Å². The Kier molecular flexibility index (Phi) is 4.24. The Bertz CT molecular complexity index is 1380. The van der Waals surface area contributed by atoms with Gasteiger partial charge in [0.05, 0.1) is 12.7 Å². The molecule has 0 saturated heterocycles. The average Bonchev–Trinajstić information content (AvgIpc) is 3.28. The number of ketones is 1. The second-order valence-corrected chi connectivity index (χ2v) is 7.80. The minimum absolute atomic E-state index is 0.101. The van der Waals surface area contributed by atoms with Crippen LogP contribution < -0.4 is 9.47 Å². The lowest BCUT2D eigenvalue weighted by Gasteiger charge is -2.32. The number of aromatic nitrogens is 5. The van der Waals surface area contributed by atoms with Gasteiger partial charge < -0.3 is 9.47 Å². The second-order valence-electron chi connectivity index (χ2n) is 7.80. The predicted molar refractivity (Wildman–Crippen MR) is 115 cm³/mol. The van der Waals surface area contributed by atoms with E-state index in [2.05, 4.69) is 15.1 Å². The zero-order valence-corrected chi connectivity index (χ0v) is 17.4. The maximum absolute atomic E-state index is 13.1. The summed E-state index contributed by atoms with van der Waals surface area (Å²) < 4.78 is 13.1. The van der Waals surface area contributed by atoms with Crippen molar-refractivity contribution in [3.8, 4) is 23.1 Å². The first-order chi connectivity index (χ1) is 15.7. The van der Waals surface area contributed by atoms with Crippen LogP contribution in [0.4, 0.5) is 0 Å². The van der Waals surface area contributed by atoms with Crippen molar-refractivity contribution in [2.45, 2.75) is 25.2 Å². The predicted octanol–water partition coefficient (Wildman–Crippen LogP) is 3.73. The molecule has 0 spiro atoms. The SMILES string of the molecule is COc1ccc([C@H]2C3=C(CCCC3=O)Oc3ncn4nc(-c5ccccn5)nc4c32)cc1. The van der Waals surface area contributed by atoms with Gasteiger partial charge in [-0.15, -0.1) is 5.10 Å². The molecule has 0 fully saturated rings. The minimum atomic E-state index is -0.343. The Hall–Kier alpha value is -4.07. The van der Waals surface area contributed by atoms with Gasteiger partial charge >= 0.3 is 0 Å². The van der Waals surface area contributed by atoms with Crippen molar-refractivity contribution >= 4 is 11.4 Å². The average molecular weight is 425 g/mol. The number of fused-ring (bicyclic) bond motifs is 3. The summed E-state index contributed by atoms with van der Waals surface area (Å²) in [6, 6.07) is 13.3. The van der Waals surface area contributed by atoms with Gasteiger partial charge in [-0.1, -0.05) is 18.2 Å². The molecule has 2 aliphatic rings. The first kappa shape index (κ1) is 18.7. The Labute approximate surface area is 183 Å². The molecule has 158 valence electrons. The molecule has 4 heterocycles. The number of rotatable bonds is 3. The molecule has 1 aliphatic carbocycles. The Morgan fingerprint density at radius 1 is 1.09 bits per heavy atom. The van der Waals surface area contributed by atoms with Gasteiger partial charge in [-0.05, 0) is 36.2 Å². The molecular formula is C24H19N5O3. The van der Waals surface area contributed by atoms with Gasteiger partial charge in [-0.2, -0.15) is 0 Å². The zero-order chi connectivity index (χ0) is 21.7. The van der Waals surface area contributed by atoms with Crippen LogP contribution in [-0.4, -0.2) is 37.5 Å². The molecule has 8 heteroatoms. The highest BCUT2D eigenvalue weighted by Crippen LogP contribution is 2.47. The molecule has 0 unspecified atom stereocenters. The highest BCUT2D eigenvalue weighted by Gasteiger charge is 2.39. The molecule has 0 amide bonds. The summed E-state index contributed by atoms with van der Waals surface area (Å²) in [6.45, 7) is 0. The van der Waals surface area contributed by atoms with E-state index in [0.717, 1.165) is 23.3 Å². The number of pyridine rings is 1. The number of Topliss-reactive ketones (excluding diaryl/α,β-unsaturated/α-hetero) is 1. The van der Waals surface area contributed by atoms with Crippen LogP contribution >= 0.6 is 0 Å². The highest BCUT2D eigenvalue weighted by atomic mass is 16.5. The zero-order valence-electron chi connectivity index (χ0n) is 17.4. The van der Waals surface area contributed by atoms with Crippen molar-refractivity contribution in [2.75, 3.05) is 7.11 Å². The maximum Gasteiger partial charge on any atom is 0.228 e. The third-order valence-corrected chi connectivity index (χ3v) is 5.94. The van der Waals surface area contributed by atoms with E-state index < -0.39 is 0 Å². The van der Waals surface area contributed by atoms with Crippen LogP contribution in [-0.2, 0) is 4.79 Å². The van der Waals surface area contributed by atoms with Crippen LogP contribution in [0.25, 0.3) is 17.2 Å². The van der Waals surface area contributed by atoms with Crippen LogP contribution in [0.1, 0.15) is 36.3 Å². The van der Waals surface area contributed by atoms with Gasteiger partial charge in [0, 0.05) is 30.5 Å². The number of carbonyl (C=O) groups excluding carboxylic acids is 1. The number of benzene rings is 1. The van der Waals surface area contributed by atoms with Gasteiger partial charge in [0.2, 0.25) is 11.7 Å². The summed E-state index contributed by atoms with van der Waals surface area (Å²) in [7, 11) is 1.63. The molecule has 1 atom stereocenters. The number of methoxy groups -OCH3 is 1. The molecule has 8 nitrogen and oxygen atoms in total. The third kappa shape index (κ3) is 2.87. The lowest BCUT2D eigenvalue weighted by molar-refractivity contribution is -0.116. The van der Waals surface area contributed by atoms with E-state index in [0.29, 0.717) is 47.2 Å². The van der Waals surface area contributed by atoms with Crippen LogP contribution in [0.3, 0.4) is 0 Å². The summed E-state index contributed by atoms with van der Waals surface area (Å²) in [5, 5.41) is 4.57. The summed E-state index contributed by atoms with van der Waals surface area (Å²) >= 11 is 0. The second kappa shape index (κ2) is 7.26. The van der Waals surface area contributed by atoms with E-state index in [-0.39, 0.29) is 11.7 Å². The maximum atomic E-state index is 13.1. The fourth-order valence-electron chi connectivity index (χ4n) is 4.45. The molecular weight excluding hydrogens is 406 g/mol. The van der Waals surface area contributed by atoms with Gasteiger partial charge in [-0.25, -0.2) is 14.5 Å². The van der Waals surface area contributed by atoms with Crippen LogP contribution in [0, 0.1) is 0 Å². The number of hydrogen-bond donors (Lipinski definition) is 0. The van der Waals surface area contributed by atoms with E-state index >= 15 is 0 Å². The summed E-state index contributed by atoms with van der Waals surface area (Å²) in [5.41, 5.74) is 3.64. The molecule has 4 aromatic rings. The largest absolute Gasteiger partial charge is 0.497 e. The number of nitrogens with zero attached hydrogens (tertiary/aromatic N) is 5. The number of allylic oxidation sites excluding steroid dienone is 2. The van der Waals surface area contributed by atoms with Gasteiger partial charge in [0.25, 0.3) is 0 Å². The fraction of sp³-hybridized carbons (Fsp3) is 0.208. The van der Waals surface area contributed by atoms with Crippen molar-refractivity contribution in [2.24, 2.45) is 0 Å². The topological polar surface area (TPSA) is 91.5 Å². The fourth-order valence-corrected chi connectivity index (χ4v) is 4.45. The van der Waals surface area contributed by atoms with E-state index in [1.165, 1.54) is 0 Å². The Morgan fingerprint density at radius 2 is 1.97 bits per heavy atom. The van der Waals surface area contributed by atoms with Crippen molar-refractivity contribution in [1.29, 1.82) is 0 Å². The molecule has 0 N–H and O–H groups in total. The molecule has 0 saturated carbocycles. The molecule has 0 bridgehead atoms. The normalized spacial score (nSPS) is 17.7. The third-order valence-electron chi connectivity index (χ3n) is 5.94.